The number of hydrogen-bond donors (Lipinski definition) is 1. The van der Waals surface area contributed by atoms with Crippen molar-refractivity contribution in [2.24, 2.45) is 0 Å². The van der Waals surface area contributed by atoms with E-state index in [1.165, 1.54) is 19.3 Å². The van der Waals surface area contributed by atoms with E-state index in [-0.39, 0.29) is 5.91 Å². The third-order valence-electron chi connectivity index (χ3n) is 3.38. The topological polar surface area (TPSA) is 29.1 Å². The molecular weight excluding hydrogens is 278 g/mol. The SMILES string of the molecule is Cc1ccc(Br)cc1C(=O)NC1CCCCC1. The summed E-state index contributed by atoms with van der Waals surface area (Å²) in [7, 11) is 0. The van der Waals surface area contributed by atoms with Gasteiger partial charge in [-0.2, -0.15) is 0 Å². The highest BCUT2D eigenvalue weighted by molar-refractivity contribution is 9.10. The normalized spacial score (nSPS) is 16.8. The molecule has 1 fully saturated rings. The van der Waals surface area contributed by atoms with Gasteiger partial charge in [0, 0.05) is 16.1 Å². The van der Waals surface area contributed by atoms with Gasteiger partial charge in [0.2, 0.25) is 0 Å². The van der Waals surface area contributed by atoms with Crippen LogP contribution in [0.3, 0.4) is 0 Å². The van der Waals surface area contributed by atoms with E-state index in [4.69, 9.17) is 0 Å². The van der Waals surface area contributed by atoms with Gasteiger partial charge in [0.1, 0.15) is 0 Å². The van der Waals surface area contributed by atoms with Crippen LogP contribution in [-0.2, 0) is 0 Å². The van der Waals surface area contributed by atoms with Crippen LogP contribution in [0.25, 0.3) is 0 Å². The van der Waals surface area contributed by atoms with Gasteiger partial charge in [-0.25, -0.2) is 0 Å². The number of nitrogens with one attached hydrogen (secondary N) is 1. The lowest BCUT2D eigenvalue weighted by molar-refractivity contribution is 0.0927. The zero-order chi connectivity index (χ0) is 12.3. The predicted molar refractivity (Wildman–Crippen MR) is 73.2 cm³/mol. The third kappa shape index (κ3) is 3.32. The predicted octanol–water partition coefficient (Wildman–Crippen LogP) is 3.82. The average molecular weight is 296 g/mol. The first-order valence-corrected chi connectivity index (χ1v) is 7.03. The van der Waals surface area contributed by atoms with Gasteiger partial charge in [0.25, 0.3) is 5.91 Å². The maximum atomic E-state index is 12.2. The van der Waals surface area contributed by atoms with Crippen molar-refractivity contribution in [1.82, 2.24) is 5.32 Å². The smallest absolute Gasteiger partial charge is 0.251 e. The molecular formula is C14H18BrNO. The number of hydrogen-bond acceptors (Lipinski definition) is 1. The first kappa shape index (κ1) is 12.6. The molecule has 17 heavy (non-hydrogen) atoms. The van der Waals surface area contributed by atoms with E-state index < -0.39 is 0 Å². The molecule has 0 unspecified atom stereocenters. The van der Waals surface area contributed by atoms with Crippen LogP contribution in [0, 0.1) is 6.92 Å². The van der Waals surface area contributed by atoms with E-state index in [0.717, 1.165) is 28.4 Å². The van der Waals surface area contributed by atoms with Crippen molar-refractivity contribution in [3.63, 3.8) is 0 Å². The summed E-state index contributed by atoms with van der Waals surface area (Å²) in [6.45, 7) is 1.97. The summed E-state index contributed by atoms with van der Waals surface area (Å²) in [5.74, 6) is 0.0655. The number of benzene rings is 1. The highest BCUT2D eigenvalue weighted by Gasteiger charge is 2.17. The molecule has 0 radical (unpaired) electrons. The second-order valence-corrected chi connectivity index (χ2v) is 5.68. The van der Waals surface area contributed by atoms with E-state index in [2.05, 4.69) is 21.2 Å². The van der Waals surface area contributed by atoms with Crippen LogP contribution in [0.1, 0.15) is 48.0 Å². The van der Waals surface area contributed by atoms with E-state index in [0.29, 0.717) is 6.04 Å². The molecule has 1 aliphatic rings. The summed E-state index contributed by atoms with van der Waals surface area (Å²) < 4.78 is 0.955. The highest BCUT2D eigenvalue weighted by Crippen LogP contribution is 2.20. The summed E-state index contributed by atoms with van der Waals surface area (Å²) in [5.41, 5.74) is 1.81. The molecule has 0 bridgehead atoms. The zero-order valence-corrected chi connectivity index (χ0v) is 11.7. The van der Waals surface area contributed by atoms with Crippen molar-refractivity contribution in [3.8, 4) is 0 Å². The fourth-order valence-electron chi connectivity index (χ4n) is 2.35. The second-order valence-electron chi connectivity index (χ2n) is 4.77. The molecule has 0 aliphatic heterocycles. The van der Waals surface area contributed by atoms with E-state index in [1.54, 1.807) is 0 Å². The van der Waals surface area contributed by atoms with Crippen molar-refractivity contribution in [3.05, 3.63) is 33.8 Å². The Morgan fingerprint density at radius 1 is 1.29 bits per heavy atom. The molecule has 0 saturated heterocycles. The lowest BCUT2D eigenvalue weighted by Crippen LogP contribution is -2.36. The number of amides is 1. The Kier molecular flexibility index (Phi) is 4.21. The van der Waals surface area contributed by atoms with Crippen LogP contribution in [0.2, 0.25) is 0 Å². The van der Waals surface area contributed by atoms with E-state index in [9.17, 15) is 4.79 Å². The van der Waals surface area contributed by atoms with Gasteiger partial charge in [-0.1, -0.05) is 41.3 Å². The summed E-state index contributed by atoms with van der Waals surface area (Å²) in [6, 6.07) is 6.20. The molecule has 3 heteroatoms. The summed E-state index contributed by atoms with van der Waals surface area (Å²) in [6.07, 6.45) is 6.03. The van der Waals surface area contributed by atoms with Gasteiger partial charge in [0.15, 0.2) is 0 Å². The van der Waals surface area contributed by atoms with Crippen molar-refractivity contribution < 1.29 is 4.79 Å². The molecule has 1 aromatic rings. The minimum absolute atomic E-state index is 0.0655. The minimum atomic E-state index is 0.0655. The molecule has 1 aromatic carbocycles. The Balaban J connectivity index is 2.05. The molecule has 0 spiro atoms. The number of aryl methyl sites for hydroxylation is 1. The Morgan fingerprint density at radius 3 is 2.71 bits per heavy atom. The third-order valence-corrected chi connectivity index (χ3v) is 3.88. The molecule has 2 rings (SSSR count). The first-order valence-electron chi connectivity index (χ1n) is 6.24. The van der Waals surface area contributed by atoms with Crippen LogP contribution >= 0.6 is 15.9 Å². The fraction of sp³-hybridized carbons (Fsp3) is 0.500. The molecule has 1 saturated carbocycles. The average Bonchev–Trinajstić information content (AvgIpc) is 2.33. The van der Waals surface area contributed by atoms with Gasteiger partial charge in [-0.05, 0) is 37.5 Å². The van der Waals surface area contributed by atoms with Gasteiger partial charge in [-0.15, -0.1) is 0 Å². The first-order chi connectivity index (χ1) is 8.16. The lowest BCUT2D eigenvalue weighted by atomic mass is 9.95. The van der Waals surface area contributed by atoms with Gasteiger partial charge in [0.05, 0.1) is 0 Å². The van der Waals surface area contributed by atoms with Gasteiger partial charge < -0.3 is 5.32 Å². The number of carbonyl (C=O) groups is 1. The van der Waals surface area contributed by atoms with Crippen LogP contribution in [0.15, 0.2) is 22.7 Å². The maximum absolute atomic E-state index is 12.2. The summed E-state index contributed by atoms with van der Waals surface area (Å²) in [5, 5.41) is 3.14. The number of rotatable bonds is 2. The number of halogens is 1. The van der Waals surface area contributed by atoms with Crippen molar-refractivity contribution in [2.45, 2.75) is 45.1 Å². The Hall–Kier alpha value is -0.830. The summed E-state index contributed by atoms with van der Waals surface area (Å²) >= 11 is 3.41. The maximum Gasteiger partial charge on any atom is 0.251 e. The van der Waals surface area contributed by atoms with E-state index >= 15 is 0 Å². The monoisotopic (exact) mass is 295 g/mol. The van der Waals surface area contributed by atoms with Crippen LogP contribution < -0.4 is 5.32 Å². The van der Waals surface area contributed by atoms with E-state index in [1.807, 2.05) is 25.1 Å². The highest BCUT2D eigenvalue weighted by atomic mass is 79.9. The van der Waals surface area contributed by atoms with Crippen molar-refractivity contribution >= 4 is 21.8 Å². The standard InChI is InChI=1S/C14H18BrNO/c1-10-7-8-11(15)9-13(10)14(17)16-12-5-3-2-4-6-12/h7-9,12H,2-6H2,1H3,(H,16,17). The quantitative estimate of drug-likeness (QED) is 0.883. The zero-order valence-electron chi connectivity index (χ0n) is 10.1. The molecule has 2 nitrogen and oxygen atoms in total. The van der Waals surface area contributed by atoms with Gasteiger partial charge >= 0.3 is 0 Å². The van der Waals surface area contributed by atoms with Crippen LogP contribution in [-0.4, -0.2) is 11.9 Å². The van der Waals surface area contributed by atoms with Crippen molar-refractivity contribution in [2.75, 3.05) is 0 Å². The largest absolute Gasteiger partial charge is 0.349 e. The second kappa shape index (κ2) is 5.67. The molecule has 0 atom stereocenters. The molecule has 1 aliphatic carbocycles. The summed E-state index contributed by atoms with van der Waals surface area (Å²) in [4.78, 5) is 12.2. The molecule has 1 amide bonds. The Labute approximate surface area is 111 Å². The Morgan fingerprint density at radius 2 is 2.00 bits per heavy atom. The van der Waals surface area contributed by atoms with Crippen LogP contribution in [0.4, 0.5) is 0 Å². The molecule has 92 valence electrons. The minimum Gasteiger partial charge on any atom is -0.349 e. The Bertz CT molecular complexity index is 411. The molecule has 1 N–H and O–H groups in total. The van der Waals surface area contributed by atoms with Crippen LogP contribution in [0.5, 0.6) is 0 Å². The fourth-order valence-corrected chi connectivity index (χ4v) is 2.71. The molecule has 0 heterocycles. The molecule has 0 aromatic heterocycles. The van der Waals surface area contributed by atoms with Gasteiger partial charge in [-0.3, -0.25) is 4.79 Å². The number of carbonyl (C=O) groups excluding carboxylic acids is 1. The lowest BCUT2D eigenvalue weighted by Gasteiger charge is -2.23. The van der Waals surface area contributed by atoms with Crippen molar-refractivity contribution in [1.29, 1.82) is 0 Å².